The molecule has 7 heteroatoms. The average Bonchev–Trinajstić information content (AvgIpc) is 2.73. The molecule has 0 saturated heterocycles. The van der Waals surface area contributed by atoms with Crippen LogP contribution in [0.4, 0.5) is 0 Å². The van der Waals surface area contributed by atoms with Crippen molar-refractivity contribution in [3.05, 3.63) is 59.7 Å². The Labute approximate surface area is 176 Å². The molecule has 160 valence electrons. The number of carbonyl (C=O) groups is 3. The molecule has 1 atom stereocenters. The first-order valence-electron chi connectivity index (χ1n) is 9.85. The van der Waals surface area contributed by atoms with Crippen molar-refractivity contribution < 1.29 is 28.6 Å². The van der Waals surface area contributed by atoms with Crippen LogP contribution in [0, 0.1) is 0 Å². The van der Waals surface area contributed by atoms with Crippen molar-refractivity contribution in [2.45, 2.75) is 33.2 Å². The van der Waals surface area contributed by atoms with Crippen molar-refractivity contribution in [1.82, 2.24) is 5.32 Å². The Hall–Kier alpha value is -3.35. The van der Waals surface area contributed by atoms with Crippen LogP contribution in [0.1, 0.15) is 36.7 Å². The highest BCUT2D eigenvalue weighted by atomic mass is 16.5. The number of ketones is 1. The molecule has 1 amide bonds. The minimum absolute atomic E-state index is 0.175. The second-order valence-electron chi connectivity index (χ2n) is 6.52. The van der Waals surface area contributed by atoms with Crippen molar-refractivity contribution in [1.29, 1.82) is 0 Å². The molecule has 0 bridgehead atoms. The van der Waals surface area contributed by atoms with Gasteiger partial charge < -0.3 is 19.5 Å². The van der Waals surface area contributed by atoms with Crippen LogP contribution in [0.15, 0.2) is 48.5 Å². The molecule has 0 aliphatic carbocycles. The molecule has 0 fully saturated rings. The molecule has 2 aromatic rings. The van der Waals surface area contributed by atoms with Crippen LogP contribution >= 0.6 is 0 Å². The summed E-state index contributed by atoms with van der Waals surface area (Å²) in [6.45, 7) is 5.47. The van der Waals surface area contributed by atoms with Crippen LogP contribution < -0.4 is 14.8 Å². The quantitative estimate of drug-likeness (QED) is 0.570. The minimum Gasteiger partial charge on any atom is -0.490 e. The van der Waals surface area contributed by atoms with Gasteiger partial charge in [-0.15, -0.1) is 0 Å². The summed E-state index contributed by atoms with van der Waals surface area (Å²) in [4.78, 5) is 36.4. The maximum absolute atomic E-state index is 12.3. The second-order valence-corrected chi connectivity index (χ2v) is 6.52. The molecule has 30 heavy (non-hydrogen) atoms. The summed E-state index contributed by atoms with van der Waals surface area (Å²) in [6.07, 6.45) is 0.368. The van der Waals surface area contributed by atoms with Gasteiger partial charge in [0, 0.05) is 0 Å². The molecular weight excluding hydrogens is 386 g/mol. The summed E-state index contributed by atoms with van der Waals surface area (Å²) in [5.41, 5.74) is 1.16. The van der Waals surface area contributed by atoms with E-state index in [1.165, 1.54) is 13.0 Å². The van der Waals surface area contributed by atoms with E-state index >= 15 is 0 Å². The van der Waals surface area contributed by atoms with E-state index in [1.807, 2.05) is 44.2 Å². The van der Waals surface area contributed by atoms with Crippen LogP contribution in [-0.2, 0) is 20.7 Å². The standard InChI is InChI=1S/C23H27NO6/c1-4-28-20-12-11-18(14-21(20)29-5-2)23(27)30-15-22(26)24-19(16(3)25)13-17-9-7-6-8-10-17/h6-12,14,19H,4-5,13,15H2,1-3H3,(H,24,26). The number of ether oxygens (including phenoxy) is 3. The topological polar surface area (TPSA) is 90.9 Å². The van der Waals surface area contributed by atoms with Gasteiger partial charge in [-0.3, -0.25) is 9.59 Å². The van der Waals surface area contributed by atoms with E-state index in [0.29, 0.717) is 31.1 Å². The predicted molar refractivity (Wildman–Crippen MR) is 112 cm³/mol. The van der Waals surface area contributed by atoms with Gasteiger partial charge in [-0.05, 0) is 51.0 Å². The summed E-state index contributed by atoms with van der Waals surface area (Å²) in [5, 5.41) is 2.62. The molecule has 0 aliphatic heterocycles. The zero-order valence-electron chi connectivity index (χ0n) is 17.5. The van der Waals surface area contributed by atoms with Crippen LogP contribution in [0.3, 0.4) is 0 Å². The average molecular weight is 413 g/mol. The van der Waals surface area contributed by atoms with Gasteiger partial charge in [0.05, 0.1) is 24.8 Å². The van der Waals surface area contributed by atoms with E-state index in [0.717, 1.165) is 5.56 Å². The van der Waals surface area contributed by atoms with Crippen LogP contribution in [0.5, 0.6) is 11.5 Å². The van der Waals surface area contributed by atoms with Crippen LogP contribution in [0.25, 0.3) is 0 Å². The van der Waals surface area contributed by atoms with Gasteiger partial charge in [0.25, 0.3) is 5.91 Å². The fourth-order valence-corrected chi connectivity index (χ4v) is 2.77. The van der Waals surface area contributed by atoms with Crippen molar-refractivity contribution in [3.8, 4) is 11.5 Å². The lowest BCUT2D eigenvalue weighted by atomic mass is 10.0. The Balaban J connectivity index is 1.95. The minimum atomic E-state index is -0.686. The second kappa shape index (κ2) is 11.6. The van der Waals surface area contributed by atoms with Crippen molar-refractivity contribution in [2.24, 2.45) is 0 Å². The van der Waals surface area contributed by atoms with Gasteiger partial charge in [-0.2, -0.15) is 0 Å². The summed E-state index contributed by atoms with van der Waals surface area (Å²) in [7, 11) is 0. The third kappa shape index (κ3) is 6.92. The lowest BCUT2D eigenvalue weighted by molar-refractivity contribution is -0.128. The number of benzene rings is 2. The summed E-state index contributed by atoms with van der Waals surface area (Å²) in [6, 6.07) is 13.4. The third-order valence-electron chi connectivity index (χ3n) is 4.22. The molecule has 0 spiro atoms. The van der Waals surface area contributed by atoms with Crippen LogP contribution in [0.2, 0.25) is 0 Å². The van der Waals surface area contributed by atoms with Gasteiger partial charge >= 0.3 is 5.97 Å². The molecule has 0 aliphatic rings. The maximum atomic E-state index is 12.3. The third-order valence-corrected chi connectivity index (χ3v) is 4.22. The van der Waals surface area contributed by atoms with Gasteiger partial charge in [-0.1, -0.05) is 30.3 Å². The number of Topliss-reactive ketones (excluding diaryl/α,β-unsaturated/α-hetero) is 1. The molecular formula is C23H27NO6. The van der Waals surface area contributed by atoms with Crippen molar-refractivity contribution >= 4 is 17.7 Å². The molecule has 0 saturated carbocycles. The normalized spacial score (nSPS) is 11.3. The summed E-state index contributed by atoms with van der Waals surface area (Å²) >= 11 is 0. The molecule has 2 aromatic carbocycles. The molecule has 1 N–H and O–H groups in total. The number of nitrogens with one attached hydrogen (secondary N) is 1. The first-order valence-corrected chi connectivity index (χ1v) is 9.85. The Bertz CT molecular complexity index is 865. The molecule has 7 nitrogen and oxygen atoms in total. The first-order chi connectivity index (χ1) is 14.4. The molecule has 0 aromatic heterocycles. The highest BCUT2D eigenvalue weighted by molar-refractivity contribution is 5.93. The van der Waals surface area contributed by atoms with E-state index in [-0.39, 0.29) is 11.3 Å². The number of hydrogen-bond acceptors (Lipinski definition) is 6. The Morgan fingerprint density at radius 3 is 2.23 bits per heavy atom. The van der Waals surface area contributed by atoms with Crippen LogP contribution in [-0.4, -0.2) is 43.5 Å². The van der Waals surface area contributed by atoms with Gasteiger partial charge in [0.15, 0.2) is 23.9 Å². The number of hydrogen-bond donors (Lipinski definition) is 1. The summed E-state index contributed by atoms with van der Waals surface area (Å²) in [5.74, 6) is -0.435. The van der Waals surface area contributed by atoms with Gasteiger partial charge in [0.2, 0.25) is 0 Å². The highest BCUT2D eigenvalue weighted by Crippen LogP contribution is 2.28. The van der Waals surface area contributed by atoms with E-state index < -0.39 is 24.5 Å². The molecule has 2 rings (SSSR count). The van der Waals surface area contributed by atoms with E-state index in [4.69, 9.17) is 14.2 Å². The fourth-order valence-electron chi connectivity index (χ4n) is 2.77. The fraction of sp³-hybridized carbons (Fsp3) is 0.348. The largest absolute Gasteiger partial charge is 0.490 e. The predicted octanol–water partition coefficient (Wildman–Crippen LogP) is 2.96. The van der Waals surface area contributed by atoms with Gasteiger partial charge in [0.1, 0.15) is 0 Å². The Morgan fingerprint density at radius 1 is 0.933 bits per heavy atom. The van der Waals surface area contributed by atoms with E-state index in [2.05, 4.69) is 5.32 Å². The molecule has 1 unspecified atom stereocenters. The van der Waals surface area contributed by atoms with Crippen molar-refractivity contribution in [2.75, 3.05) is 19.8 Å². The lowest BCUT2D eigenvalue weighted by Crippen LogP contribution is -2.43. The first kappa shape index (κ1) is 22.9. The zero-order valence-corrected chi connectivity index (χ0v) is 17.5. The smallest absolute Gasteiger partial charge is 0.338 e. The molecule has 0 radical (unpaired) electrons. The van der Waals surface area contributed by atoms with E-state index in [1.54, 1.807) is 12.1 Å². The SMILES string of the molecule is CCOc1ccc(C(=O)OCC(=O)NC(Cc2ccccc2)C(C)=O)cc1OCC. The number of carbonyl (C=O) groups excluding carboxylic acids is 3. The Kier molecular flexibility index (Phi) is 8.87. The van der Waals surface area contributed by atoms with Gasteiger partial charge in [-0.25, -0.2) is 4.79 Å². The number of esters is 1. The summed E-state index contributed by atoms with van der Waals surface area (Å²) < 4.78 is 16.1. The lowest BCUT2D eigenvalue weighted by Gasteiger charge is -2.16. The van der Waals surface area contributed by atoms with E-state index in [9.17, 15) is 14.4 Å². The van der Waals surface area contributed by atoms with Crippen molar-refractivity contribution in [3.63, 3.8) is 0 Å². The number of rotatable bonds is 11. The Morgan fingerprint density at radius 2 is 1.60 bits per heavy atom. The zero-order chi connectivity index (χ0) is 21.9. The molecule has 0 heterocycles. The monoisotopic (exact) mass is 413 g/mol. The number of amides is 1. The highest BCUT2D eigenvalue weighted by Gasteiger charge is 2.19. The maximum Gasteiger partial charge on any atom is 0.338 e.